The molecule has 0 amide bonds. The molecule has 0 aliphatic rings. The predicted octanol–water partition coefficient (Wildman–Crippen LogP) is -0.427. The van der Waals surface area contributed by atoms with Crippen molar-refractivity contribution in [2.24, 2.45) is 0 Å². The molecule has 0 heterocycles. The second-order valence-corrected chi connectivity index (χ2v) is 3.58. The van der Waals surface area contributed by atoms with Crippen molar-refractivity contribution in [3.05, 3.63) is 28.3 Å². The van der Waals surface area contributed by atoms with Crippen LogP contribution in [-0.2, 0) is 21.1 Å². The van der Waals surface area contributed by atoms with Crippen LogP contribution in [0.2, 0.25) is 0 Å². The van der Waals surface area contributed by atoms with E-state index in [0.29, 0.717) is 0 Å². The third-order valence-electron chi connectivity index (χ3n) is 2.70. The molecule has 1 rings (SSSR count). The molecule has 0 aliphatic heterocycles. The Kier molecular flexibility index (Phi) is 9.32. The summed E-state index contributed by atoms with van der Waals surface area (Å²) in [6, 6.07) is 3.29. The first-order valence-electron chi connectivity index (χ1n) is 4.43. The summed E-state index contributed by atoms with van der Waals surface area (Å²) in [7, 11) is 1.84. The van der Waals surface area contributed by atoms with Gasteiger partial charge in [0, 0.05) is 27.8 Å². The van der Waals surface area contributed by atoms with Crippen LogP contribution in [0.25, 0.3) is 0 Å². The molecule has 0 radical (unpaired) electrons. The van der Waals surface area contributed by atoms with E-state index in [1.807, 2.05) is 7.05 Å². The van der Waals surface area contributed by atoms with Crippen molar-refractivity contribution < 1.29 is 77.0 Å². The summed E-state index contributed by atoms with van der Waals surface area (Å²) in [6.07, 6.45) is 0. The van der Waals surface area contributed by atoms with E-state index in [0.717, 1.165) is 5.69 Å². The summed E-state index contributed by atoms with van der Waals surface area (Å²) in [5.41, 5.74) is 6.00. The van der Waals surface area contributed by atoms with Gasteiger partial charge in [-0.2, -0.15) is 22.3 Å². The fourth-order valence-corrected chi connectivity index (χ4v) is 1.46. The Morgan fingerprint density at radius 2 is 1.47 bits per heavy atom. The first-order chi connectivity index (χ1) is 5.95. The molecule has 0 atom stereocenters. The normalized spacial score (nSPS) is 8.87. The summed E-state index contributed by atoms with van der Waals surface area (Å²) in [4.78, 5) is 0. The molecule has 3 heteroatoms. The maximum absolute atomic E-state index is 5.70. The number of aryl methyl sites for hydroxylation is 1. The Bertz CT molecular complexity index is 372. The van der Waals surface area contributed by atoms with Crippen molar-refractivity contribution in [2.75, 3.05) is 7.05 Å². The van der Waals surface area contributed by atoms with Gasteiger partial charge in [-0.05, 0) is 0 Å². The molecule has 0 unspecified atom stereocenters. The maximum Gasteiger partial charge on any atom is 1.00 e. The molecule has 0 spiro atoms. The van der Waals surface area contributed by atoms with E-state index in [-0.39, 0.29) is 72.4 Å². The number of rotatable bonds is 1. The van der Waals surface area contributed by atoms with E-state index in [2.05, 4.69) is 33.8 Å². The van der Waals surface area contributed by atoms with Crippen LogP contribution in [0.15, 0.2) is 0 Å². The van der Waals surface area contributed by atoms with Gasteiger partial charge in [-0.15, -0.1) is 0 Å². The molecular formula is C12H16KNW. The fourth-order valence-electron chi connectivity index (χ4n) is 1.46. The van der Waals surface area contributed by atoms with Gasteiger partial charge in [0.2, 0.25) is 0 Å². The van der Waals surface area contributed by atoms with Gasteiger partial charge in [0.1, 0.15) is 7.05 Å². The molecule has 0 N–H and O–H groups in total. The van der Waals surface area contributed by atoms with Crippen molar-refractivity contribution in [3.63, 3.8) is 0 Å². The van der Waals surface area contributed by atoms with Crippen molar-refractivity contribution in [1.82, 2.24) is 0 Å². The van der Waals surface area contributed by atoms with Gasteiger partial charge in [-0.3, -0.25) is 0 Å². The predicted molar refractivity (Wildman–Crippen MR) is 56.1 cm³/mol. The Labute approximate surface area is 150 Å². The molecule has 76 valence electrons. The average molecular weight is 397 g/mol. The summed E-state index contributed by atoms with van der Waals surface area (Å²) < 4.78 is 1.62. The van der Waals surface area contributed by atoms with Gasteiger partial charge < -0.3 is 4.58 Å². The van der Waals surface area contributed by atoms with Crippen LogP contribution in [0.3, 0.4) is 0 Å². The zero-order chi connectivity index (χ0) is 10.2. The van der Waals surface area contributed by atoms with E-state index in [9.17, 15) is 0 Å². The standard InChI is InChI=1S/C12H16N.K.W/c1-8-7-12(13(5)6)11(4)10(3)9(8)2;;/h5H,1-4,6H3;;/q-1;+1;. The van der Waals surface area contributed by atoms with Crippen LogP contribution in [0.4, 0.5) is 5.69 Å². The second-order valence-electron chi connectivity index (χ2n) is 3.58. The third-order valence-corrected chi connectivity index (χ3v) is 2.70. The van der Waals surface area contributed by atoms with Crippen LogP contribution in [0, 0.1) is 33.8 Å². The molecule has 0 aromatic heterocycles. The second kappa shape index (κ2) is 7.52. The molecular weight excluding hydrogens is 381 g/mol. The monoisotopic (exact) mass is 397 g/mol. The van der Waals surface area contributed by atoms with Gasteiger partial charge >= 0.3 is 51.4 Å². The summed E-state index contributed by atoms with van der Waals surface area (Å²) >= 11 is 0. The minimum absolute atomic E-state index is 0. The zero-order valence-corrected chi connectivity index (χ0v) is 16.5. The first-order valence-corrected chi connectivity index (χ1v) is 4.43. The number of nitrogens with zero attached hydrogens (tertiary/aromatic N) is 1. The van der Waals surface area contributed by atoms with E-state index in [4.69, 9.17) is 6.72 Å². The maximum atomic E-state index is 5.70. The van der Waals surface area contributed by atoms with Crippen LogP contribution >= 0.6 is 0 Å². The fraction of sp³-hybridized carbons (Fsp3) is 0.417. The molecule has 1 aromatic carbocycles. The van der Waals surface area contributed by atoms with E-state index in [1.165, 1.54) is 22.3 Å². The first kappa shape index (κ1) is 18.6. The number of hydrogen-bond donors (Lipinski definition) is 0. The van der Waals surface area contributed by atoms with E-state index >= 15 is 0 Å². The van der Waals surface area contributed by atoms with Gasteiger partial charge in [-0.25, -0.2) is 6.07 Å². The minimum atomic E-state index is 0. The van der Waals surface area contributed by atoms with Crippen LogP contribution in [0.5, 0.6) is 0 Å². The molecule has 0 bridgehead atoms. The minimum Gasteiger partial charge on any atom is -0.391 e. The third kappa shape index (κ3) is 4.18. The van der Waals surface area contributed by atoms with Gasteiger partial charge in [-0.1, -0.05) is 33.4 Å². The number of hydrogen-bond acceptors (Lipinski definition) is 0. The smallest absolute Gasteiger partial charge is 0.391 e. The van der Waals surface area contributed by atoms with Gasteiger partial charge in [0.25, 0.3) is 0 Å². The van der Waals surface area contributed by atoms with Crippen LogP contribution in [0.1, 0.15) is 22.3 Å². The van der Waals surface area contributed by atoms with Crippen molar-refractivity contribution in [1.29, 1.82) is 0 Å². The van der Waals surface area contributed by atoms with Gasteiger partial charge in [0.05, 0.1) is 0 Å². The Morgan fingerprint density at radius 3 is 1.87 bits per heavy atom. The molecule has 0 saturated heterocycles. The Hall–Kier alpha value is 1.21. The molecule has 0 fully saturated rings. The zero-order valence-electron chi connectivity index (χ0n) is 10.4. The largest absolute Gasteiger partial charge is 1.00 e. The van der Waals surface area contributed by atoms with Crippen LogP contribution in [-0.4, -0.2) is 18.3 Å². The average Bonchev–Trinajstić information content (AvgIpc) is 2.07. The van der Waals surface area contributed by atoms with Gasteiger partial charge in [0.15, 0.2) is 0 Å². The van der Waals surface area contributed by atoms with E-state index < -0.39 is 0 Å². The Morgan fingerprint density at radius 1 is 1.00 bits per heavy atom. The van der Waals surface area contributed by atoms with E-state index in [1.54, 1.807) is 4.58 Å². The Balaban J connectivity index is 0. The number of benzene rings is 1. The molecule has 15 heavy (non-hydrogen) atoms. The summed E-state index contributed by atoms with van der Waals surface area (Å²) in [5.74, 6) is 0. The van der Waals surface area contributed by atoms with Crippen molar-refractivity contribution in [2.45, 2.75) is 27.7 Å². The van der Waals surface area contributed by atoms with Crippen molar-refractivity contribution >= 4 is 12.4 Å². The summed E-state index contributed by atoms with van der Waals surface area (Å²) in [5, 5.41) is 0. The molecule has 1 nitrogen and oxygen atoms in total. The quantitative estimate of drug-likeness (QED) is 0.262. The SMILES string of the molecule is [CH-]=[N+](C)c1[c-]c(C)c(C)c(C)c1C.[K+].[W]. The molecule has 1 aromatic rings. The topological polar surface area (TPSA) is 3.01 Å². The van der Waals surface area contributed by atoms with Crippen LogP contribution < -0.4 is 51.4 Å². The summed E-state index contributed by atoms with van der Waals surface area (Å²) in [6.45, 7) is 14.1. The van der Waals surface area contributed by atoms with Crippen molar-refractivity contribution in [3.8, 4) is 0 Å². The molecule has 0 saturated carbocycles. The molecule has 0 aliphatic carbocycles.